The Balaban J connectivity index is 1.55. The summed E-state index contributed by atoms with van der Waals surface area (Å²) in [5, 5.41) is 3.47. The number of thiophene rings is 1. The standard InChI is InChI=1S/C16H19ClN2OS/c17-16-5-4-15(21-16)12-18-11-13-2-1-3-14(10-13)19-6-8-20-9-7-19/h1-5,10,18H,6-9,11-12H2. The second-order valence-corrected chi connectivity index (χ2v) is 6.88. The second-order valence-electron chi connectivity index (χ2n) is 5.08. The lowest BCUT2D eigenvalue weighted by Crippen LogP contribution is -2.36. The van der Waals surface area contributed by atoms with E-state index in [1.165, 1.54) is 16.1 Å². The average molecular weight is 323 g/mol. The quantitative estimate of drug-likeness (QED) is 0.911. The fourth-order valence-electron chi connectivity index (χ4n) is 2.46. The SMILES string of the molecule is Clc1ccc(CNCc2cccc(N3CCOCC3)c2)s1. The van der Waals surface area contributed by atoms with E-state index in [1.54, 1.807) is 11.3 Å². The molecule has 1 saturated heterocycles. The molecule has 2 aromatic rings. The van der Waals surface area contributed by atoms with Gasteiger partial charge in [-0.15, -0.1) is 11.3 Å². The summed E-state index contributed by atoms with van der Waals surface area (Å²) in [5.74, 6) is 0. The van der Waals surface area contributed by atoms with Crippen LogP contribution in [-0.4, -0.2) is 26.3 Å². The molecule has 0 atom stereocenters. The fraction of sp³-hybridized carbons (Fsp3) is 0.375. The van der Waals surface area contributed by atoms with Crippen molar-refractivity contribution in [3.8, 4) is 0 Å². The summed E-state index contributed by atoms with van der Waals surface area (Å²) in [6.45, 7) is 5.32. The number of rotatable bonds is 5. The predicted molar refractivity (Wildman–Crippen MR) is 89.3 cm³/mol. The van der Waals surface area contributed by atoms with Gasteiger partial charge in [-0.25, -0.2) is 0 Å². The van der Waals surface area contributed by atoms with Crippen LogP contribution in [0.5, 0.6) is 0 Å². The summed E-state index contributed by atoms with van der Waals surface area (Å²) in [7, 11) is 0. The van der Waals surface area contributed by atoms with Crippen LogP contribution >= 0.6 is 22.9 Å². The zero-order valence-electron chi connectivity index (χ0n) is 11.8. The molecule has 1 aromatic heterocycles. The van der Waals surface area contributed by atoms with E-state index in [-0.39, 0.29) is 0 Å². The number of nitrogens with zero attached hydrogens (tertiary/aromatic N) is 1. The monoisotopic (exact) mass is 322 g/mol. The smallest absolute Gasteiger partial charge is 0.0931 e. The largest absolute Gasteiger partial charge is 0.378 e. The third-order valence-electron chi connectivity index (χ3n) is 3.54. The van der Waals surface area contributed by atoms with Crippen LogP contribution in [0.15, 0.2) is 36.4 Å². The minimum absolute atomic E-state index is 0.821. The van der Waals surface area contributed by atoms with Crippen molar-refractivity contribution in [1.82, 2.24) is 5.32 Å². The Kier molecular flexibility index (Phi) is 5.14. The highest BCUT2D eigenvalue weighted by atomic mass is 35.5. The summed E-state index contributed by atoms with van der Waals surface area (Å²) in [6.07, 6.45) is 0. The molecule has 21 heavy (non-hydrogen) atoms. The summed E-state index contributed by atoms with van der Waals surface area (Å²) in [5.41, 5.74) is 2.60. The van der Waals surface area contributed by atoms with Gasteiger partial charge in [-0.05, 0) is 29.8 Å². The first-order chi connectivity index (χ1) is 10.3. The van der Waals surface area contributed by atoms with Crippen LogP contribution in [0, 0.1) is 0 Å². The number of hydrogen-bond donors (Lipinski definition) is 1. The Morgan fingerprint density at radius 1 is 1.14 bits per heavy atom. The molecule has 112 valence electrons. The molecule has 1 fully saturated rings. The number of benzene rings is 1. The van der Waals surface area contributed by atoms with Gasteiger partial charge in [0.25, 0.3) is 0 Å². The lowest BCUT2D eigenvalue weighted by Gasteiger charge is -2.29. The molecule has 0 bridgehead atoms. The Bertz CT molecular complexity index is 581. The van der Waals surface area contributed by atoms with Crippen molar-refractivity contribution in [2.75, 3.05) is 31.2 Å². The normalized spacial score (nSPS) is 15.4. The maximum absolute atomic E-state index is 5.94. The highest BCUT2D eigenvalue weighted by molar-refractivity contribution is 7.16. The number of anilines is 1. The van der Waals surface area contributed by atoms with Gasteiger partial charge in [0.1, 0.15) is 0 Å². The fourth-order valence-corrected chi connectivity index (χ4v) is 3.52. The van der Waals surface area contributed by atoms with Crippen LogP contribution in [0.1, 0.15) is 10.4 Å². The lowest BCUT2D eigenvalue weighted by molar-refractivity contribution is 0.122. The number of nitrogens with one attached hydrogen (secondary N) is 1. The van der Waals surface area contributed by atoms with Gasteiger partial charge in [0, 0.05) is 36.7 Å². The average Bonchev–Trinajstić information content (AvgIpc) is 2.94. The minimum atomic E-state index is 0.821. The number of hydrogen-bond acceptors (Lipinski definition) is 4. The van der Waals surface area contributed by atoms with Gasteiger partial charge in [0.15, 0.2) is 0 Å². The Labute approximate surface area is 134 Å². The van der Waals surface area contributed by atoms with Gasteiger partial charge >= 0.3 is 0 Å². The molecule has 1 aromatic carbocycles. The van der Waals surface area contributed by atoms with Crippen LogP contribution in [0.3, 0.4) is 0 Å². The summed E-state index contributed by atoms with van der Waals surface area (Å²) in [4.78, 5) is 3.65. The van der Waals surface area contributed by atoms with Gasteiger partial charge in [0.05, 0.1) is 17.6 Å². The topological polar surface area (TPSA) is 24.5 Å². The van der Waals surface area contributed by atoms with E-state index in [9.17, 15) is 0 Å². The van der Waals surface area contributed by atoms with Gasteiger partial charge in [-0.3, -0.25) is 0 Å². The van der Waals surface area contributed by atoms with Gasteiger partial charge < -0.3 is 15.0 Å². The molecule has 1 aliphatic rings. The van der Waals surface area contributed by atoms with Crippen LogP contribution in [-0.2, 0) is 17.8 Å². The molecule has 1 N–H and O–H groups in total. The van der Waals surface area contributed by atoms with E-state index in [4.69, 9.17) is 16.3 Å². The highest BCUT2D eigenvalue weighted by Gasteiger charge is 2.11. The zero-order chi connectivity index (χ0) is 14.5. The molecule has 0 spiro atoms. The molecular weight excluding hydrogens is 304 g/mol. The van der Waals surface area contributed by atoms with E-state index in [0.29, 0.717) is 0 Å². The molecule has 1 aliphatic heterocycles. The lowest BCUT2D eigenvalue weighted by atomic mass is 10.1. The zero-order valence-corrected chi connectivity index (χ0v) is 13.4. The first kappa shape index (κ1) is 14.9. The van der Waals surface area contributed by atoms with Crippen molar-refractivity contribution in [3.63, 3.8) is 0 Å². The maximum atomic E-state index is 5.94. The van der Waals surface area contributed by atoms with E-state index >= 15 is 0 Å². The van der Waals surface area contributed by atoms with Crippen LogP contribution < -0.4 is 10.2 Å². The Hall–Kier alpha value is -1.07. The number of halogens is 1. The Morgan fingerprint density at radius 2 is 2.00 bits per heavy atom. The minimum Gasteiger partial charge on any atom is -0.378 e. The first-order valence-corrected chi connectivity index (χ1v) is 8.37. The molecule has 0 amide bonds. The van der Waals surface area contributed by atoms with Crippen molar-refractivity contribution in [1.29, 1.82) is 0 Å². The molecule has 5 heteroatoms. The molecule has 0 unspecified atom stereocenters. The van der Waals surface area contributed by atoms with E-state index in [0.717, 1.165) is 43.7 Å². The second kappa shape index (κ2) is 7.27. The van der Waals surface area contributed by atoms with Crippen molar-refractivity contribution in [2.45, 2.75) is 13.1 Å². The number of morpholine rings is 1. The molecular formula is C16H19ClN2OS. The summed E-state index contributed by atoms with van der Waals surface area (Å²) < 4.78 is 6.25. The molecule has 3 nitrogen and oxygen atoms in total. The maximum Gasteiger partial charge on any atom is 0.0931 e. The van der Waals surface area contributed by atoms with E-state index < -0.39 is 0 Å². The highest BCUT2D eigenvalue weighted by Crippen LogP contribution is 2.21. The van der Waals surface area contributed by atoms with Crippen molar-refractivity contribution < 1.29 is 4.74 Å². The molecule has 3 rings (SSSR count). The summed E-state index contributed by atoms with van der Waals surface area (Å²) >= 11 is 7.57. The van der Waals surface area contributed by atoms with Gasteiger partial charge in [0.2, 0.25) is 0 Å². The van der Waals surface area contributed by atoms with E-state index in [2.05, 4.69) is 40.5 Å². The third-order valence-corrected chi connectivity index (χ3v) is 4.78. The molecule has 0 radical (unpaired) electrons. The van der Waals surface area contributed by atoms with E-state index in [1.807, 2.05) is 6.07 Å². The Morgan fingerprint density at radius 3 is 2.76 bits per heavy atom. The molecule has 2 heterocycles. The van der Waals surface area contributed by atoms with Crippen molar-refractivity contribution in [3.05, 3.63) is 51.2 Å². The number of ether oxygens (including phenoxy) is 1. The van der Waals surface area contributed by atoms with Crippen LogP contribution in [0.2, 0.25) is 4.34 Å². The first-order valence-electron chi connectivity index (χ1n) is 7.18. The molecule has 0 saturated carbocycles. The van der Waals surface area contributed by atoms with Crippen LogP contribution in [0.4, 0.5) is 5.69 Å². The van der Waals surface area contributed by atoms with Crippen molar-refractivity contribution >= 4 is 28.6 Å². The summed E-state index contributed by atoms with van der Waals surface area (Å²) in [6, 6.07) is 12.8. The molecule has 0 aliphatic carbocycles. The van der Waals surface area contributed by atoms with Gasteiger partial charge in [-0.2, -0.15) is 0 Å². The van der Waals surface area contributed by atoms with Crippen molar-refractivity contribution in [2.24, 2.45) is 0 Å². The predicted octanol–water partition coefficient (Wildman–Crippen LogP) is 3.53. The van der Waals surface area contributed by atoms with Crippen LogP contribution in [0.25, 0.3) is 0 Å². The van der Waals surface area contributed by atoms with Gasteiger partial charge in [-0.1, -0.05) is 23.7 Å². The third kappa shape index (κ3) is 4.20.